The lowest BCUT2D eigenvalue weighted by atomic mass is 10.3. The Bertz CT molecular complexity index is 349. The molecule has 0 fully saturated rings. The molecular formula is C8H4F5OS. The first kappa shape index (κ1) is 12.0. The van der Waals surface area contributed by atoms with E-state index in [0.717, 1.165) is 12.1 Å². The Hall–Kier alpha value is -1.11. The van der Waals surface area contributed by atoms with Gasteiger partial charge in [-0.3, -0.25) is 0 Å². The van der Waals surface area contributed by atoms with Gasteiger partial charge in [-0.1, -0.05) is 18.7 Å². The molecule has 7 heteroatoms. The van der Waals surface area contributed by atoms with Gasteiger partial charge in [0.05, 0.1) is 0 Å². The van der Waals surface area contributed by atoms with Crippen LogP contribution in [-0.2, 0) is 0 Å². The maximum atomic E-state index is 12.4. The SMILES string of the molecule is FC(F)(F)C(F)(F)Oc1cccc([S])c1. The fraction of sp³-hybridized carbons (Fsp3) is 0.250. The normalized spacial score (nSPS) is 12.6. The zero-order valence-corrected chi connectivity index (χ0v) is 7.83. The maximum Gasteiger partial charge on any atom is 0.499 e. The topological polar surface area (TPSA) is 9.23 Å². The Morgan fingerprint density at radius 1 is 1.07 bits per heavy atom. The zero-order valence-electron chi connectivity index (χ0n) is 7.02. The highest BCUT2D eigenvalue weighted by Crippen LogP contribution is 2.37. The van der Waals surface area contributed by atoms with Crippen LogP contribution in [-0.4, -0.2) is 12.3 Å². The van der Waals surface area contributed by atoms with Gasteiger partial charge >= 0.3 is 12.3 Å². The summed E-state index contributed by atoms with van der Waals surface area (Å²) in [6.45, 7) is 0. The second-order valence-electron chi connectivity index (χ2n) is 2.59. The summed E-state index contributed by atoms with van der Waals surface area (Å²) in [5, 5.41) is 0. The predicted molar refractivity (Wildman–Crippen MR) is 43.9 cm³/mol. The maximum absolute atomic E-state index is 12.4. The molecule has 1 nitrogen and oxygen atoms in total. The van der Waals surface area contributed by atoms with Gasteiger partial charge in [0, 0.05) is 4.90 Å². The van der Waals surface area contributed by atoms with Crippen molar-refractivity contribution in [3.63, 3.8) is 0 Å². The van der Waals surface area contributed by atoms with Crippen LogP contribution in [0.5, 0.6) is 5.75 Å². The van der Waals surface area contributed by atoms with Crippen molar-refractivity contribution < 1.29 is 26.7 Å². The molecule has 1 radical (unpaired) electrons. The number of benzene rings is 1. The fourth-order valence-electron chi connectivity index (χ4n) is 0.744. The lowest BCUT2D eigenvalue weighted by molar-refractivity contribution is -0.360. The number of ether oxygens (including phenoxy) is 1. The van der Waals surface area contributed by atoms with Crippen LogP contribution in [0.25, 0.3) is 0 Å². The molecule has 0 unspecified atom stereocenters. The third-order valence-electron chi connectivity index (χ3n) is 1.38. The lowest BCUT2D eigenvalue weighted by Crippen LogP contribution is -2.41. The summed E-state index contributed by atoms with van der Waals surface area (Å²) in [5.74, 6) is -0.621. The molecule has 0 spiro atoms. The molecule has 0 aliphatic carbocycles. The monoisotopic (exact) mass is 243 g/mol. The third kappa shape index (κ3) is 2.92. The Morgan fingerprint density at radius 3 is 2.13 bits per heavy atom. The van der Waals surface area contributed by atoms with Crippen LogP contribution in [0.4, 0.5) is 22.0 Å². The van der Waals surface area contributed by atoms with Crippen molar-refractivity contribution in [3.05, 3.63) is 24.3 Å². The number of hydrogen-bond acceptors (Lipinski definition) is 1. The van der Waals surface area contributed by atoms with E-state index in [1.54, 1.807) is 0 Å². The summed E-state index contributed by atoms with van der Waals surface area (Å²) >= 11 is 4.58. The van der Waals surface area contributed by atoms with Crippen LogP contribution in [0.2, 0.25) is 0 Å². The van der Waals surface area contributed by atoms with Gasteiger partial charge in [-0.15, -0.1) is 0 Å². The Labute approximate surface area is 87.3 Å². The molecule has 0 aliphatic rings. The summed E-state index contributed by atoms with van der Waals surface area (Å²) in [6, 6.07) is 4.47. The van der Waals surface area contributed by atoms with Gasteiger partial charge in [-0.05, 0) is 18.2 Å². The quantitative estimate of drug-likeness (QED) is 0.718. The van der Waals surface area contributed by atoms with Crippen LogP contribution in [0.3, 0.4) is 0 Å². The van der Waals surface area contributed by atoms with Crippen molar-refractivity contribution in [2.24, 2.45) is 0 Å². The molecule has 1 aromatic rings. The van der Waals surface area contributed by atoms with Crippen LogP contribution in [0, 0.1) is 0 Å². The van der Waals surface area contributed by atoms with Gasteiger partial charge in [0.25, 0.3) is 0 Å². The molecule has 0 N–H and O–H groups in total. The van der Waals surface area contributed by atoms with Gasteiger partial charge in [0.2, 0.25) is 0 Å². The largest absolute Gasteiger partial charge is 0.499 e. The van der Waals surface area contributed by atoms with E-state index in [0.29, 0.717) is 0 Å². The molecule has 1 rings (SSSR count). The van der Waals surface area contributed by atoms with E-state index in [4.69, 9.17) is 0 Å². The minimum absolute atomic E-state index is 0.116. The zero-order chi connectivity index (χ0) is 11.7. The highest BCUT2D eigenvalue weighted by molar-refractivity contribution is 7.80. The van der Waals surface area contributed by atoms with Crippen molar-refractivity contribution in [2.75, 3.05) is 0 Å². The van der Waals surface area contributed by atoms with Crippen LogP contribution in [0.1, 0.15) is 0 Å². The highest BCUT2D eigenvalue weighted by atomic mass is 32.1. The Kier molecular flexibility index (Phi) is 3.03. The van der Waals surface area contributed by atoms with Crippen LogP contribution in [0.15, 0.2) is 29.2 Å². The van der Waals surface area contributed by atoms with E-state index < -0.39 is 18.0 Å². The smallest absolute Gasteiger partial charge is 0.426 e. The number of halogens is 5. The van der Waals surface area contributed by atoms with E-state index in [2.05, 4.69) is 17.4 Å². The number of hydrogen-bond donors (Lipinski definition) is 0. The second-order valence-corrected chi connectivity index (χ2v) is 3.06. The fourth-order valence-corrected chi connectivity index (χ4v) is 0.938. The Balaban J connectivity index is 2.87. The van der Waals surface area contributed by atoms with E-state index in [1.807, 2.05) is 0 Å². The summed E-state index contributed by atoms with van der Waals surface area (Å²) < 4.78 is 63.4. The second kappa shape index (κ2) is 3.80. The van der Waals surface area contributed by atoms with Crippen molar-refractivity contribution in [1.82, 2.24) is 0 Å². The summed E-state index contributed by atoms with van der Waals surface area (Å²) in [7, 11) is 0. The first-order valence-corrected chi connectivity index (χ1v) is 4.04. The molecule has 0 aliphatic heterocycles. The molecule has 1 aromatic carbocycles. The molecule has 15 heavy (non-hydrogen) atoms. The molecule has 0 saturated carbocycles. The van der Waals surface area contributed by atoms with Gasteiger partial charge in [-0.2, -0.15) is 22.0 Å². The summed E-state index contributed by atoms with van der Waals surface area (Å²) in [5.41, 5.74) is 0. The van der Waals surface area contributed by atoms with E-state index in [1.165, 1.54) is 12.1 Å². The molecule has 0 heterocycles. The van der Waals surface area contributed by atoms with Gasteiger partial charge < -0.3 is 4.74 Å². The van der Waals surface area contributed by atoms with Crippen LogP contribution >= 0.6 is 12.6 Å². The number of rotatable bonds is 2. The summed E-state index contributed by atoms with van der Waals surface area (Å²) in [4.78, 5) is 0.116. The summed E-state index contributed by atoms with van der Waals surface area (Å²) in [6.07, 6.45) is -11.0. The minimum Gasteiger partial charge on any atom is -0.426 e. The molecule has 0 atom stereocenters. The van der Waals surface area contributed by atoms with Gasteiger partial charge in [0.15, 0.2) is 0 Å². The Morgan fingerprint density at radius 2 is 1.67 bits per heavy atom. The van der Waals surface area contributed by atoms with Crippen LogP contribution < -0.4 is 4.74 Å². The van der Waals surface area contributed by atoms with Crippen molar-refractivity contribution in [3.8, 4) is 5.75 Å². The van der Waals surface area contributed by atoms with Crippen molar-refractivity contribution >= 4 is 12.6 Å². The first-order valence-electron chi connectivity index (χ1n) is 3.63. The standard InChI is InChI=1S/C8H4F5OS/c9-7(10,11)8(12,13)14-5-2-1-3-6(15)4-5/h1-4H. The van der Waals surface area contributed by atoms with Gasteiger partial charge in [-0.25, -0.2) is 0 Å². The molecular weight excluding hydrogens is 239 g/mol. The average molecular weight is 243 g/mol. The average Bonchev–Trinajstić information content (AvgIpc) is 2.00. The lowest BCUT2D eigenvalue weighted by Gasteiger charge is -2.20. The van der Waals surface area contributed by atoms with E-state index in [9.17, 15) is 22.0 Å². The molecule has 0 aromatic heterocycles. The molecule has 83 valence electrons. The third-order valence-corrected chi connectivity index (χ3v) is 1.64. The number of alkyl halides is 5. The first-order chi connectivity index (χ1) is 6.72. The van der Waals surface area contributed by atoms with E-state index in [-0.39, 0.29) is 4.90 Å². The van der Waals surface area contributed by atoms with Crippen molar-refractivity contribution in [2.45, 2.75) is 17.2 Å². The molecule has 0 saturated heterocycles. The molecule has 0 bridgehead atoms. The van der Waals surface area contributed by atoms with Crippen molar-refractivity contribution in [1.29, 1.82) is 0 Å². The minimum atomic E-state index is -5.75. The highest BCUT2D eigenvalue weighted by Gasteiger charge is 2.61. The predicted octanol–water partition coefficient (Wildman–Crippen LogP) is 3.78. The van der Waals surface area contributed by atoms with E-state index >= 15 is 0 Å². The molecule has 0 amide bonds. The van der Waals surface area contributed by atoms with Gasteiger partial charge in [0.1, 0.15) is 5.75 Å².